The minimum absolute atomic E-state index is 0.207. The molecule has 0 amide bonds. The Morgan fingerprint density at radius 2 is 2.00 bits per heavy atom. The van der Waals surface area contributed by atoms with Crippen molar-refractivity contribution in [2.24, 2.45) is 5.73 Å². The van der Waals surface area contributed by atoms with Crippen LogP contribution in [0.2, 0.25) is 0 Å². The van der Waals surface area contributed by atoms with Crippen LogP contribution in [0.4, 0.5) is 0 Å². The van der Waals surface area contributed by atoms with Crippen LogP contribution in [0.1, 0.15) is 36.2 Å². The molecule has 100 valence electrons. The summed E-state index contributed by atoms with van der Waals surface area (Å²) in [5.41, 5.74) is 9.31. The number of hydrogen-bond acceptors (Lipinski definition) is 3. The Labute approximate surface area is 114 Å². The summed E-state index contributed by atoms with van der Waals surface area (Å²) in [4.78, 5) is 4.30. The van der Waals surface area contributed by atoms with E-state index in [-0.39, 0.29) is 6.04 Å². The van der Waals surface area contributed by atoms with E-state index in [0.717, 1.165) is 29.0 Å². The van der Waals surface area contributed by atoms with Crippen molar-refractivity contribution in [1.82, 2.24) is 4.98 Å². The summed E-state index contributed by atoms with van der Waals surface area (Å²) in [7, 11) is 0. The molecule has 1 unspecified atom stereocenters. The Morgan fingerprint density at radius 1 is 1.21 bits per heavy atom. The second kappa shape index (κ2) is 6.34. The van der Waals surface area contributed by atoms with Crippen molar-refractivity contribution in [3.63, 3.8) is 0 Å². The highest BCUT2D eigenvalue weighted by molar-refractivity contribution is 5.40. The van der Waals surface area contributed by atoms with E-state index < -0.39 is 0 Å². The summed E-state index contributed by atoms with van der Waals surface area (Å²) in [5.74, 6) is 0.859. The van der Waals surface area contributed by atoms with Crippen LogP contribution in [0.15, 0.2) is 42.6 Å². The molecule has 0 saturated heterocycles. The summed E-state index contributed by atoms with van der Waals surface area (Å²) in [6.45, 7) is 4.76. The number of aromatic nitrogens is 1. The van der Waals surface area contributed by atoms with Crippen molar-refractivity contribution in [3.05, 3.63) is 59.4 Å². The second-order valence-electron chi connectivity index (χ2n) is 4.60. The zero-order valence-electron chi connectivity index (χ0n) is 11.5. The van der Waals surface area contributed by atoms with Crippen LogP contribution in [0, 0.1) is 6.92 Å². The number of para-hydroxylation sites is 1. The normalized spacial score (nSPS) is 12.2. The Balaban J connectivity index is 2.27. The maximum absolute atomic E-state index is 6.32. The molecule has 1 aromatic carbocycles. The number of nitrogens with two attached hydrogens (primary N) is 1. The molecule has 0 saturated carbocycles. The Bertz CT molecular complexity index is 523. The van der Waals surface area contributed by atoms with Gasteiger partial charge in [0.25, 0.3) is 0 Å². The number of benzene rings is 1. The lowest BCUT2D eigenvalue weighted by Gasteiger charge is -2.17. The molecule has 0 fully saturated rings. The average molecular weight is 256 g/mol. The monoisotopic (exact) mass is 256 g/mol. The minimum Gasteiger partial charge on any atom is -0.493 e. The maximum Gasteiger partial charge on any atom is 0.124 e. The molecule has 2 N–H and O–H groups in total. The van der Waals surface area contributed by atoms with E-state index in [4.69, 9.17) is 10.5 Å². The molecule has 2 aromatic rings. The van der Waals surface area contributed by atoms with Crippen LogP contribution in [0.5, 0.6) is 5.75 Å². The summed E-state index contributed by atoms with van der Waals surface area (Å²) < 4.78 is 5.75. The third-order valence-electron chi connectivity index (χ3n) is 3.01. The van der Waals surface area contributed by atoms with Crippen LogP contribution in [0.25, 0.3) is 0 Å². The second-order valence-corrected chi connectivity index (χ2v) is 4.60. The maximum atomic E-state index is 6.32. The van der Waals surface area contributed by atoms with Crippen molar-refractivity contribution in [2.75, 3.05) is 6.61 Å². The van der Waals surface area contributed by atoms with E-state index in [9.17, 15) is 0 Å². The molecule has 3 nitrogen and oxygen atoms in total. The van der Waals surface area contributed by atoms with Crippen LogP contribution in [-0.2, 0) is 0 Å². The number of hydrogen-bond donors (Lipinski definition) is 1. The molecule has 2 rings (SSSR count). The molecule has 0 aliphatic carbocycles. The smallest absolute Gasteiger partial charge is 0.124 e. The van der Waals surface area contributed by atoms with Crippen molar-refractivity contribution < 1.29 is 4.74 Å². The third-order valence-corrected chi connectivity index (χ3v) is 3.01. The lowest BCUT2D eigenvalue weighted by atomic mass is 10.00. The molecule has 1 atom stereocenters. The number of rotatable bonds is 5. The van der Waals surface area contributed by atoms with E-state index in [1.54, 1.807) is 0 Å². The van der Waals surface area contributed by atoms with Crippen LogP contribution in [-0.4, -0.2) is 11.6 Å². The van der Waals surface area contributed by atoms with Crippen molar-refractivity contribution >= 4 is 0 Å². The number of pyridine rings is 1. The zero-order chi connectivity index (χ0) is 13.7. The van der Waals surface area contributed by atoms with Gasteiger partial charge in [0.05, 0.1) is 12.6 Å². The van der Waals surface area contributed by atoms with Crippen LogP contribution >= 0.6 is 0 Å². The molecule has 0 aliphatic heterocycles. The summed E-state index contributed by atoms with van der Waals surface area (Å²) >= 11 is 0. The highest BCUT2D eigenvalue weighted by Crippen LogP contribution is 2.28. The fourth-order valence-electron chi connectivity index (χ4n) is 1.92. The number of aryl methyl sites for hydroxylation is 1. The summed E-state index contributed by atoms with van der Waals surface area (Å²) in [6, 6.07) is 11.7. The van der Waals surface area contributed by atoms with Gasteiger partial charge < -0.3 is 10.5 Å². The summed E-state index contributed by atoms with van der Waals surface area (Å²) in [5, 5.41) is 0. The standard InChI is InChI=1S/C16H20N2O/c1-3-10-19-15-7-5-4-6-14(15)16(17)13-9-8-12(2)18-11-13/h4-9,11,16H,3,10,17H2,1-2H3. The van der Waals surface area contributed by atoms with Gasteiger partial charge in [0.15, 0.2) is 0 Å². The number of nitrogens with zero attached hydrogens (tertiary/aromatic N) is 1. The lowest BCUT2D eigenvalue weighted by molar-refractivity contribution is 0.313. The molecule has 3 heteroatoms. The van der Waals surface area contributed by atoms with Gasteiger partial charge in [-0.15, -0.1) is 0 Å². The molecule has 0 aliphatic rings. The SMILES string of the molecule is CCCOc1ccccc1C(N)c1ccc(C)nc1. The molecule has 1 heterocycles. The molecule has 19 heavy (non-hydrogen) atoms. The highest BCUT2D eigenvalue weighted by atomic mass is 16.5. The van der Waals surface area contributed by atoms with Gasteiger partial charge in [0.2, 0.25) is 0 Å². The number of ether oxygens (including phenoxy) is 1. The first-order valence-electron chi connectivity index (χ1n) is 6.62. The molecule has 1 aromatic heterocycles. The predicted molar refractivity (Wildman–Crippen MR) is 77.2 cm³/mol. The summed E-state index contributed by atoms with van der Waals surface area (Å²) in [6.07, 6.45) is 2.81. The van der Waals surface area contributed by atoms with Gasteiger partial charge in [-0.3, -0.25) is 4.98 Å². The Kier molecular flexibility index (Phi) is 4.53. The zero-order valence-corrected chi connectivity index (χ0v) is 11.5. The third kappa shape index (κ3) is 3.32. The van der Waals surface area contributed by atoms with Gasteiger partial charge in [0.1, 0.15) is 5.75 Å². The quantitative estimate of drug-likeness (QED) is 0.893. The first-order chi connectivity index (χ1) is 9.22. The average Bonchev–Trinajstić information content (AvgIpc) is 2.45. The Hall–Kier alpha value is -1.87. The van der Waals surface area contributed by atoms with Crippen molar-refractivity contribution in [2.45, 2.75) is 26.3 Å². The first kappa shape index (κ1) is 13.6. The van der Waals surface area contributed by atoms with Gasteiger partial charge in [-0.05, 0) is 31.0 Å². The molecular formula is C16H20N2O. The minimum atomic E-state index is -0.207. The van der Waals surface area contributed by atoms with Gasteiger partial charge in [-0.2, -0.15) is 0 Å². The molecule has 0 spiro atoms. The molecular weight excluding hydrogens is 236 g/mol. The van der Waals surface area contributed by atoms with E-state index in [1.165, 1.54) is 0 Å². The van der Waals surface area contributed by atoms with Gasteiger partial charge in [-0.1, -0.05) is 31.2 Å². The van der Waals surface area contributed by atoms with E-state index in [2.05, 4.69) is 11.9 Å². The van der Waals surface area contributed by atoms with Crippen molar-refractivity contribution in [1.29, 1.82) is 0 Å². The van der Waals surface area contributed by atoms with E-state index in [0.29, 0.717) is 6.61 Å². The van der Waals surface area contributed by atoms with Crippen LogP contribution < -0.4 is 10.5 Å². The van der Waals surface area contributed by atoms with Gasteiger partial charge >= 0.3 is 0 Å². The Morgan fingerprint density at radius 3 is 2.68 bits per heavy atom. The van der Waals surface area contributed by atoms with E-state index >= 15 is 0 Å². The topological polar surface area (TPSA) is 48.1 Å². The first-order valence-corrected chi connectivity index (χ1v) is 6.62. The fourth-order valence-corrected chi connectivity index (χ4v) is 1.92. The largest absolute Gasteiger partial charge is 0.493 e. The molecule has 0 radical (unpaired) electrons. The van der Waals surface area contributed by atoms with Crippen LogP contribution in [0.3, 0.4) is 0 Å². The fraction of sp³-hybridized carbons (Fsp3) is 0.312. The molecule has 0 bridgehead atoms. The van der Waals surface area contributed by atoms with Gasteiger partial charge in [-0.25, -0.2) is 0 Å². The van der Waals surface area contributed by atoms with Crippen molar-refractivity contribution in [3.8, 4) is 5.75 Å². The van der Waals surface area contributed by atoms with E-state index in [1.807, 2.05) is 49.5 Å². The predicted octanol–water partition coefficient (Wildman–Crippen LogP) is 3.23. The lowest BCUT2D eigenvalue weighted by Crippen LogP contribution is -2.14. The highest BCUT2D eigenvalue weighted by Gasteiger charge is 2.14. The van der Waals surface area contributed by atoms with Gasteiger partial charge in [0, 0.05) is 17.5 Å².